The summed E-state index contributed by atoms with van der Waals surface area (Å²) in [7, 11) is 0. The molecule has 0 bridgehead atoms. The highest BCUT2D eigenvalue weighted by Crippen LogP contribution is 2.29. The first-order valence-electron chi connectivity index (χ1n) is 12.8. The molecule has 1 aromatic heterocycles. The summed E-state index contributed by atoms with van der Waals surface area (Å²) < 4.78 is 7.97. The van der Waals surface area contributed by atoms with Gasteiger partial charge in [-0.3, -0.25) is 9.63 Å². The highest BCUT2D eigenvalue weighted by Gasteiger charge is 2.23. The van der Waals surface area contributed by atoms with E-state index >= 15 is 0 Å². The predicted octanol–water partition coefficient (Wildman–Crippen LogP) is 6.19. The fraction of sp³-hybridized carbons (Fsp3) is 0.121. The van der Waals surface area contributed by atoms with Crippen molar-refractivity contribution in [3.63, 3.8) is 0 Å². The van der Waals surface area contributed by atoms with Gasteiger partial charge in [-0.1, -0.05) is 121 Å². The molecule has 196 valence electrons. The maximum Gasteiger partial charge on any atom is 0.224 e. The lowest BCUT2D eigenvalue weighted by Gasteiger charge is -2.26. The summed E-state index contributed by atoms with van der Waals surface area (Å²) in [6.45, 7) is 1.76. The van der Waals surface area contributed by atoms with Crippen molar-refractivity contribution in [2.24, 2.45) is 5.90 Å². The Balaban J connectivity index is 1.59. The summed E-state index contributed by atoms with van der Waals surface area (Å²) in [6, 6.07) is 40.8. The summed E-state index contributed by atoms with van der Waals surface area (Å²) in [5.41, 5.74) is 3.89. The minimum absolute atomic E-state index is 0.139. The molecule has 0 saturated carbocycles. The molecule has 0 saturated heterocycles. The molecule has 2 N–H and O–H groups in total. The first-order chi connectivity index (χ1) is 19.1. The van der Waals surface area contributed by atoms with Crippen molar-refractivity contribution >= 4 is 0 Å². The van der Waals surface area contributed by atoms with Crippen molar-refractivity contribution in [2.45, 2.75) is 25.2 Å². The second kappa shape index (κ2) is 12.3. The van der Waals surface area contributed by atoms with Crippen LogP contribution in [0.5, 0.6) is 5.75 Å². The van der Waals surface area contributed by atoms with E-state index in [-0.39, 0.29) is 11.2 Å². The van der Waals surface area contributed by atoms with E-state index in [4.69, 9.17) is 20.3 Å². The van der Waals surface area contributed by atoms with Gasteiger partial charge in [0.25, 0.3) is 0 Å². The molecule has 6 nitrogen and oxygen atoms in total. The Labute approximate surface area is 227 Å². The molecule has 0 unspecified atom stereocenters. The highest BCUT2D eigenvalue weighted by molar-refractivity contribution is 5.34. The fourth-order valence-corrected chi connectivity index (χ4v) is 4.45. The molecular formula is C33H30N2O4. The number of nitrogens with zero attached hydrogens (tertiary/aromatic N) is 1. The molecular weight excluding hydrogens is 488 g/mol. The van der Waals surface area contributed by atoms with Gasteiger partial charge >= 0.3 is 0 Å². The highest BCUT2D eigenvalue weighted by atomic mass is 16.7. The number of hydrogen-bond donors (Lipinski definition) is 1. The van der Waals surface area contributed by atoms with Gasteiger partial charge in [-0.05, 0) is 29.2 Å². The number of rotatable bonds is 10. The molecule has 5 aromatic rings. The van der Waals surface area contributed by atoms with E-state index < -0.39 is 18.3 Å². The Hall–Kier alpha value is -4.65. The number of pyridine rings is 1. The molecule has 0 aliphatic rings. The van der Waals surface area contributed by atoms with Gasteiger partial charge < -0.3 is 9.57 Å². The zero-order chi connectivity index (χ0) is 27.0. The van der Waals surface area contributed by atoms with Gasteiger partial charge in [-0.25, -0.2) is 5.90 Å². The molecule has 0 radical (unpaired) electrons. The monoisotopic (exact) mass is 518 g/mol. The molecule has 0 spiro atoms. The average Bonchev–Trinajstić information content (AvgIpc) is 3.01. The van der Waals surface area contributed by atoms with Crippen LogP contribution in [0.2, 0.25) is 0 Å². The molecule has 1 heterocycles. The Morgan fingerprint density at radius 1 is 0.641 bits per heavy atom. The summed E-state index contributed by atoms with van der Waals surface area (Å²) in [6.07, 6.45) is -0.00423. The summed E-state index contributed by atoms with van der Waals surface area (Å²) in [4.78, 5) is 25.0. The van der Waals surface area contributed by atoms with Crippen LogP contribution < -0.4 is 20.9 Å². The quantitative estimate of drug-likeness (QED) is 0.223. The smallest absolute Gasteiger partial charge is 0.224 e. The zero-order valence-electron chi connectivity index (χ0n) is 21.6. The zero-order valence-corrected chi connectivity index (χ0v) is 21.6. The van der Waals surface area contributed by atoms with E-state index in [1.165, 1.54) is 10.8 Å². The van der Waals surface area contributed by atoms with Crippen LogP contribution >= 0.6 is 0 Å². The van der Waals surface area contributed by atoms with Crippen LogP contribution in [0.25, 0.3) is 0 Å². The number of hydrogen-bond acceptors (Lipinski definition) is 5. The molecule has 0 aliphatic heterocycles. The maximum atomic E-state index is 13.3. The Morgan fingerprint density at radius 2 is 1.05 bits per heavy atom. The second-order valence-electron chi connectivity index (χ2n) is 9.16. The van der Waals surface area contributed by atoms with Gasteiger partial charge in [0.1, 0.15) is 12.2 Å². The topological polar surface area (TPSA) is 75.7 Å². The van der Waals surface area contributed by atoms with Crippen LogP contribution in [-0.4, -0.2) is 4.73 Å². The average molecular weight is 519 g/mol. The van der Waals surface area contributed by atoms with Crippen molar-refractivity contribution in [3.05, 3.63) is 172 Å². The first-order valence-corrected chi connectivity index (χ1v) is 12.8. The molecule has 6 heteroatoms. The van der Waals surface area contributed by atoms with Gasteiger partial charge in [-0.2, -0.15) is 4.73 Å². The lowest BCUT2D eigenvalue weighted by atomic mass is 10.0. The van der Waals surface area contributed by atoms with Crippen molar-refractivity contribution in [1.82, 2.24) is 4.73 Å². The van der Waals surface area contributed by atoms with E-state index in [1.807, 2.05) is 121 Å². The Morgan fingerprint density at radius 3 is 1.46 bits per heavy atom. The third kappa shape index (κ3) is 6.09. The molecule has 5 rings (SSSR count). The van der Waals surface area contributed by atoms with Crippen molar-refractivity contribution in [2.75, 3.05) is 0 Å². The van der Waals surface area contributed by atoms with E-state index in [0.717, 1.165) is 22.3 Å². The SMILES string of the molecule is C[C@@H](ON)c1cc(=O)c(OC(c2ccccc2)c2ccccc2)cn1OC(c1ccccc1)c1ccccc1. The van der Waals surface area contributed by atoms with Crippen LogP contribution in [0.15, 0.2) is 138 Å². The Bertz CT molecular complexity index is 1450. The number of benzene rings is 4. The molecule has 4 aromatic carbocycles. The van der Waals surface area contributed by atoms with E-state index in [1.54, 1.807) is 13.1 Å². The standard InChI is InChI=1S/C33H30N2O4/c1-24(38-34)29-22-30(36)31(37-32(25-14-6-2-7-15-25)26-16-8-3-9-17-26)23-35(29)39-33(27-18-10-4-11-19-27)28-20-12-5-13-21-28/h2-24,32-33H,34H2,1H3/t24-/m1/s1. The molecule has 0 fully saturated rings. The van der Waals surface area contributed by atoms with Crippen molar-refractivity contribution in [1.29, 1.82) is 0 Å². The van der Waals surface area contributed by atoms with Crippen molar-refractivity contribution in [3.8, 4) is 5.75 Å². The van der Waals surface area contributed by atoms with E-state index in [2.05, 4.69) is 0 Å². The predicted molar refractivity (Wildman–Crippen MR) is 151 cm³/mol. The minimum Gasteiger partial charge on any atom is -0.475 e. The van der Waals surface area contributed by atoms with Crippen LogP contribution in [0, 0.1) is 0 Å². The molecule has 39 heavy (non-hydrogen) atoms. The van der Waals surface area contributed by atoms with E-state index in [9.17, 15) is 4.79 Å². The largest absolute Gasteiger partial charge is 0.475 e. The molecule has 0 aliphatic carbocycles. The summed E-state index contributed by atoms with van der Waals surface area (Å²) in [5, 5.41) is 0. The van der Waals surface area contributed by atoms with Crippen LogP contribution in [0.4, 0.5) is 0 Å². The Kier molecular flexibility index (Phi) is 8.17. The fourth-order valence-electron chi connectivity index (χ4n) is 4.45. The summed E-state index contributed by atoms with van der Waals surface area (Å²) in [5.74, 6) is 5.68. The van der Waals surface area contributed by atoms with Gasteiger partial charge in [-0.15, -0.1) is 0 Å². The van der Waals surface area contributed by atoms with Crippen molar-refractivity contribution < 1.29 is 14.4 Å². The normalized spacial score (nSPS) is 11.9. The number of ether oxygens (including phenoxy) is 1. The van der Waals surface area contributed by atoms with Crippen LogP contribution in [0.3, 0.4) is 0 Å². The van der Waals surface area contributed by atoms with Gasteiger partial charge in [0.2, 0.25) is 5.43 Å². The van der Waals surface area contributed by atoms with E-state index in [0.29, 0.717) is 5.69 Å². The molecule has 0 amide bonds. The second-order valence-corrected chi connectivity index (χ2v) is 9.16. The van der Waals surface area contributed by atoms with Crippen LogP contribution in [0.1, 0.15) is 53.2 Å². The number of aromatic nitrogens is 1. The van der Waals surface area contributed by atoms with Gasteiger partial charge in [0, 0.05) is 6.07 Å². The molecule has 1 atom stereocenters. The lowest BCUT2D eigenvalue weighted by molar-refractivity contribution is 0.0117. The minimum atomic E-state index is -0.613. The number of nitrogens with two attached hydrogens (primary N) is 1. The van der Waals surface area contributed by atoms with Gasteiger partial charge in [0.15, 0.2) is 11.9 Å². The maximum absolute atomic E-state index is 13.3. The van der Waals surface area contributed by atoms with Gasteiger partial charge in [0.05, 0.1) is 11.9 Å². The summed E-state index contributed by atoms with van der Waals surface area (Å²) >= 11 is 0. The lowest BCUT2D eigenvalue weighted by Crippen LogP contribution is -2.27. The third-order valence-corrected chi connectivity index (χ3v) is 6.50. The first kappa shape index (κ1) is 26.0. The van der Waals surface area contributed by atoms with Crippen LogP contribution in [-0.2, 0) is 4.84 Å². The third-order valence-electron chi connectivity index (χ3n) is 6.50.